The smallest absolute Gasteiger partial charge is 0.184 e. The van der Waals surface area contributed by atoms with Gasteiger partial charge in [-0.3, -0.25) is 10.3 Å². The van der Waals surface area contributed by atoms with Crippen molar-refractivity contribution in [1.29, 1.82) is 0 Å². The molecule has 0 aliphatic carbocycles. The van der Waals surface area contributed by atoms with Gasteiger partial charge in [0.1, 0.15) is 5.82 Å². The van der Waals surface area contributed by atoms with Crippen LogP contribution in [0.2, 0.25) is 0 Å². The molecule has 2 aliphatic rings. The molecule has 0 saturated carbocycles. The lowest BCUT2D eigenvalue weighted by molar-refractivity contribution is 0.249. The Morgan fingerprint density at radius 1 is 1.12 bits per heavy atom. The molecule has 0 spiro atoms. The number of benzene rings is 2. The topological polar surface area (TPSA) is 63.4 Å². The quantitative estimate of drug-likeness (QED) is 0.356. The predicted octanol–water partition coefficient (Wildman–Crippen LogP) is 2.46. The van der Waals surface area contributed by atoms with E-state index in [9.17, 15) is 0 Å². The summed E-state index contributed by atoms with van der Waals surface area (Å²) in [5, 5.41) is 4.18. The van der Waals surface area contributed by atoms with E-state index in [1.54, 1.807) is 12.3 Å². The van der Waals surface area contributed by atoms with Gasteiger partial charge in [0, 0.05) is 63.1 Å². The second-order valence-electron chi connectivity index (χ2n) is 9.20. The molecule has 182 valence electrons. The van der Waals surface area contributed by atoms with E-state index in [0.717, 1.165) is 57.9 Å². The van der Waals surface area contributed by atoms with Crippen molar-refractivity contribution in [1.82, 2.24) is 15.2 Å². The van der Waals surface area contributed by atoms with Crippen LogP contribution in [0.1, 0.15) is 17.5 Å². The molecular formula is C25H34FN7S. The minimum Gasteiger partial charge on any atom is -0.375 e. The Morgan fingerprint density at radius 2 is 1.85 bits per heavy atom. The fourth-order valence-corrected chi connectivity index (χ4v) is 4.77. The second-order valence-corrected chi connectivity index (χ2v) is 9.64. The summed E-state index contributed by atoms with van der Waals surface area (Å²) in [6.45, 7) is 6.12. The fourth-order valence-electron chi connectivity index (χ4n) is 4.72. The highest BCUT2D eigenvalue weighted by molar-refractivity contribution is 7.80. The van der Waals surface area contributed by atoms with Gasteiger partial charge >= 0.3 is 0 Å². The number of anilines is 2. The lowest BCUT2D eigenvalue weighted by Gasteiger charge is -2.37. The molecule has 0 amide bonds. The molecule has 2 aliphatic heterocycles. The van der Waals surface area contributed by atoms with Crippen molar-refractivity contribution in [3.05, 3.63) is 59.4 Å². The first-order valence-corrected chi connectivity index (χ1v) is 12.2. The normalized spacial score (nSPS) is 19.4. The third-order valence-corrected chi connectivity index (χ3v) is 6.76. The Bertz CT molecular complexity index is 1010. The Balaban J connectivity index is 1.52. The van der Waals surface area contributed by atoms with Gasteiger partial charge in [-0.1, -0.05) is 30.3 Å². The van der Waals surface area contributed by atoms with Gasteiger partial charge in [-0.05, 0) is 50.4 Å². The van der Waals surface area contributed by atoms with E-state index in [1.807, 2.05) is 12.1 Å². The fraction of sp³-hybridized carbons (Fsp3) is 0.440. The number of nitrogens with one attached hydrogen (secondary N) is 1. The predicted molar refractivity (Wildman–Crippen MR) is 142 cm³/mol. The molecule has 0 radical (unpaired) electrons. The first kappa shape index (κ1) is 24.4. The Labute approximate surface area is 207 Å². The van der Waals surface area contributed by atoms with Crippen molar-refractivity contribution < 1.29 is 4.39 Å². The molecule has 9 heteroatoms. The Kier molecular flexibility index (Phi) is 7.97. The molecule has 2 fully saturated rings. The van der Waals surface area contributed by atoms with Gasteiger partial charge in [0.15, 0.2) is 5.11 Å². The van der Waals surface area contributed by atoms with Crippen LogP contribution in [0, 0.1) is 5.82 Å². The van der Waals surface area contributed by atoms with Crippen molar-refractivity contribution in [2.45, 2.75) is 19.0 Å². The van der Waals surface area contributed by atoms with Gasteiger partial charge in [-0.25, -0.2) is 4.39 Å². The van der Waals surface area contributed by atoms with Crippen molar-refractivity contribution in [2.75, 3.05) is 63.2 Å². The number of piperazine rings is 1. The maximum absolute atomic E-state index is 15.3. The third-order valence-electron chi connectivity index (χ3n) is 6.67. The molecule has 2 aromatic carbocycles. The van der Waals surface area contributed by atoms with Gasteiger partial charge in [0.2, 0.25) is 0 Å². The SMILES string of the molecule is CN(C)[C@@H]1CCN(c2cc(N3CCN(Cc4ccccc4)CC3)c(F)cc2/C=N/NC(N)=S)C1. The number of hydrazone groups is 1. The maximum Gasteiger partial charge on any atom is 0.184 e. The number of hydrogen-bond acceptors (Lipinski definition) is 6. The molecule has 4 rings (SSSR count). The van der Waals surface area contributed by atoms with E-state index >= 15 is 4.39 Å². The second kappa shape index (κ2) is 11.1. The van der Waals surface area contributed by atoms with Crippen molar-refractivity contribution >= 4 is 34.9 Å². The number of thiocarbonyl (C=S) groups is 1. The number of nitrogens with two attached hydrogens (primary N) is 1. The Hall–Kier alpha value is -2.75. The van der Waals surface area contributed by atoms with Crippen LogP contribution < -0.4 is 21.0 Å². The van der Waals surface area contributed by atoms with E-state index < -0.39 is 0 Å². The summed E-state index contributed by atoms with van der Waals surface area (Å²) in [5.41, 5.74) is 11.7. The first-order valence-electron chi connectivity index (χ1n) is 11.8. The lowest BCUT2D eigenvalue weighted by atomic mass is 10.1. The van der Waals surface area contributed by atoms with Crippen LogP contribution in [0.25, 0.3) is 0 Å². The number of likely N-dealkylation sites (N-methyl/N-ethyl adjacent to an activating group) is 1. The summed E-state index contributed by atoms with van der Waals surface area (Å²) in [6.07, 6.45) is 2.67. The molecule has 0 unspecified atom stereocenters. The monoisotopic (exact) mass is 483 g/mol. The Morgan fingerprint density at radius 3 is 2.50 bits per heavy atom. The van der Waals surface area contributed by atoms with Crippen molar-refractivity contribution in [3.8, 4) is 0 Å². The summed E-state index contributed by atoms with van der Waals surface area (Å²) >= 11 is 4.83. The van der Waals surface area contributed by atoms with Crippen LogP contribution in [-0.2, 0) is 6.54 Å². The summed E-state index contributed by atoms with van der Waals surface area (Å²) in [4.78, 5) is 9.16. The highest BCUT2D eigenvalue weighted by Gasteiger charge is 2.28. The zero-order chi connectivity index (χ0) is 24.1. The molecular weight excluding hydrogens is 449 g/mol. The van der Waals surface area contributed by atoms with Crippen LogP contribution in [0.15, 0.2) is 47.6 Å². The summed E-state index contributed by atoms with van der Waals surface area (Å²) < 4.78 is 15.3. The zero-order valence-corrected chi connectivity index (χ0v) is 20.8. The van der Waals surface area contributed by atoms with Crippen LogP contribution in [-0.4, -0.2) is 80.5 Å². The first-order chi connectivity index (χ1) is 16.4. The van der Waals surface area contributed by atoms with Gasteiger partial charge in [0.05, 0.1) is 11.9 Å². The van der Waals surface area contributed by atoms with Crippen LogP contribution in [0.5, 0.6) is 0 Å². The van der Waals surface area contributed by atoms with Gasteiger partial charge in [-0.2, -0.15) is 5.10 Å². The molecule has 0 aromatic heterocycles. The maximum atomic E-state index is 15.3. The highest BCUT2D eigenvalue weighted by Crippen LogP contribution is 2.32. The molecule has 34 heavy (non-hydrogen) atoms. The van der Waals surface area contributed by atoms with Crippen LogP contribution >= 0.6 is 12.2 Å². The largest absolute Gasteiger partial charge is 0.375 e. The third kappa shape index (κ3) is 6.02. The van der Waals surface area contributed by atoms with E-state index in [2.05, 4.69) is 68.5 Å². The van der Waals surface area contributed by atoms with Gasteiger partial charge in [0.25, 0.3) is 0 Å². The average molecular weight is 484 g/mol. The van der Waals surface area contributed by atoms with Crippen molar-refractivity contribution in [3.63, 3.8) is 0 Å². The van der Waals surface area contributed by atoms with E-state index in [0.29, 0.717) is 17.3 Å². The lowest BCUT2D eigenvalue weighted by Crippen LogP contribution is -2.46. The minimum absolute atomic E-state index is 0.0807. The highest BCUT2D eigenvalue weighted by atomic mass is 32.1. The molecule has 1 atom stereocenters. The molecule has 0 bridgehead atoms. The summed E-state index contributed by atoms with van der Waals surface area (Å²) in [5.74, 6) is -0.236. The number of nitrogens with zero attached hydrogens (tertiary/aromatic N) is 5. The average Bonchev–Trinajstić information content (AvgIpc) is 3.31. The summed E-state index contributed by atoms with van der Waals surface area (Å²) in [6, 6.07) is 14.5. The van der Waals surface area contributed by atoms with E-state index in [-0.39, 0.29) is 10.9 Å². The summed E-state index contributed by atoms with van der Waals surface area (Å²) in [7, 11) is 4.21. The minimum atomic E-state index is -0.236. The molecule has 2 aromatic rings. The molecule has 7 nitrogen and oxygen atoms in total. The molecule has 2 heterocycles. The van der Waals surface area contributed by atoms with E-state index in [4.69, 9.17) is 18.0 Å². The van der Waals surface area contributed by atoms with Crippen molar-refractivity contribution in [2.24, 2.45) is 10.8 Å². The molecule has 2 saturated heterocycles. The van der Waals surface area contributed by atoms with Gasteiger partial charge < -0.3 is 20.4 Å². The van der Waals surface area contributed by atoms with Gasteiger partial charge in [-0.15, -0.1) is 0 Å². The number of halogens is 1. The molecule has 3 N–H and O–H groups in total. The zero-order valence-electron chi connectivity index (χ0n) is 20.0. The number of hydrogen-bond donors (Lipinski definition) is 2. The number of rotatable bonds is 7. The standard InChI is InChI=1S/C25H34FN7S/c1-30(2)21-8-9-33(18-21)23-15-24(22(26)14-20(23)16-28-29-25(27)34)32-12-10-31(11-13-32)17-19-6-4-3-5-7-19/h3-7,14-16,21H,8-13,17-18H2,1-2H3,(H3,27,29,34)/b28-16+/t21-/m1/s1. The van der Waals surface area contributed by atoms with E-state index in [1.165, 1.54) is 5.56 Å². The van der Waals surface area contributed by atoms with Crippen LogP contribution in [0.3, 0.4) is 0 Å². The van der Waals surface area contributed by atoms with Crippen LogP contribution in [0.4, 0.5) is 15.8 Å².